The largest absolute Gasteiger partial charge is 0.396 e. The molecule has 0 bridgehead atoms. The Morgan fingerprint density at radius 1 is 1.00 bits per heavy atom. The molecule has 1 aromatic rings. The standard InChI is InChI=1S/C17H27N3O/c21-15-17(14-20-9-1-2-10-20)5-11-19(12-6-17)13-16-3-7-18-8-4-16/h3-4,7-8,21H,1-2,5-6,9-15H2. The molecule has 0 aromatic carbocycles. The zero-order valence-electron chi connectivity index (χ0n) is 12.9. The highest BCUT2D eigenvalue weighted by molar-refractivity contribution is 5.09. The first-order valence-electron chi connectivity index (χ1n) is 8.24. The number of piperidine rings is 1. The molecule has 0 aliphatic carbocycles. The molecule has 2 aliphatic rings. The van der Waals surface area contributed by atoms with Crippen LogP contribution in [0.3, 0.4) is 0 Å². The van der Waals surface area contributed by atoms with E-state index in [1.54, 1.807) is 0 Å². The molecular formula is C17H27N3O. The van der Waals surface area contributed by atoms with Crippen molar-refractivity contribution in [1.82, 2.24) is 14.8 Å². The van der Waals surface area contributed by atoms with Gasteiger partial charge in [0.2, 0.25) is 0 Å². The fraction of sp³-hybridized carbons (Fsp3) is 0.706. The summed E-state index contributed by atoms with van der Waals surface area (Å²) in [5, 5.41) is 9.92. The van der Waals surface area contributed by atoms with E-state index in [-0.39, 0.29) is 5.41 Å². The van der Waals surface area contributed by atoms with E-state index in [1.807, 2.05) is 12.4 Å². The number of pyridine rings is 1. The molecule has 2 saturated heterocycles. The predicted molar refractivity (Wildman–Crippen MR) is 83.9 cm³/mol. The second kappa shape index (κ2) is 6.86. The fourth-order valence-electron chi connectivity index (χ4n) is 3.71. The van der Waals surface area contributed by atoms with E-state index in [4.69, 9.17) is 0 Å². The first kappa shape index (κ1) is 14.9. The third kappa shape index (κ3) is 3.82. The van der Waals surface area contributed by atoms with Crippen molar-refractivity contribution in [3.8, 4) is 0 Å². The normalized spacial score (nSPS) is 23.5. The number of hydrogen-bond acceptors (Lipinski definition) is 4. The van der Waals surface area contributed by atoms with Crippen molar-refractivity contribution in [2.75, 3.05) is 39.3 Å². The molecule has 3 rings (SSSR count). The average molecular weight is 289 g/mol. The lowest BCUT2D eigenvalue weighted by atomic mass is 9.78. The van der Waals surface area contributed by atoms with Crippen LogP contribution in [0, 0.1) is 5.41 Å². The number of likely N-dealkylation sites (tertiary alicyclic amines) is 2. The molecule has 0 atom stereocenters. The molecule has 2 fully saturated rings. The summed E-state index contributed by atoms with van der Waals surface area (Å²) in [4.78, 5) is 9.13. The molecule has 116 valence electrons. The number of hydrogen-bond donors (Lipinski definition) is 1. The summed E-state index contributed by atoms with van der Waals surface area (Å²) in [5.41, 5.74) is 1.47. The van der Waals surface area contributed by atoms with Gasteiger partial charge in [-0.15, -0.1) is 0 Å². The summed E-state index contributed by atoms with van der Waals surface area (Å²) in [6.45, 7) is 7.07. The van der Waals surface area contributed by atoms with Gasteiger partial charge in [0.25, 0.3) is 0 Å². The zero-order chi connectivity index (χ0) is 14.5. The van der Waals surface area contributed by atoms with Gasteiger partial charge in [-0.2, -0.15) is 0 Å². The van der Waals surface area contributed by atoms with Crippen molar-refractivity contribution in [2.24, 2.45) is 5.41 Å². The molecule has 21 heavy (non-hydrogen) atoms. The van der Waals surface area contributed by atoms with E-state index in [1.165, 1.54) is 31.5 Å². The van der Waals surface area contributed by atoms with Gasteiger partial charge in [-0.1, -0.05) is 0 Å². The lowest BCUT2D eigenvalue weighted by molar-refractivity contribution is 0.0165. The summed E-state index contributed by atoms with van der Waals surface area (Å²) >= 11 is 0. The maximum atomic E-state index is 9.92. The topological polar surface area (TPSA) is 39.6 Å². The molecular weight excluding hydrogens is 262 g/mol. The van der Waals surface area contributed by atoms with E-state index >= 15 is 0 Å². The summed E-state index contributed by atoms with van der Waals surface area (Å²) in [6, 6.07) is 4.19. The Morgan fingerprint density at radius 3 is 2.29 bits per heavy atom. The van der Waals surface area contributed by atoms with Crippen LogP contribution in [-0.4, -0.2) is 59.2 Å². The fourth-order valence-corrected chi connectivity index (χ4v) is 3.71. The van der Waals surface area contributed by atoms with Gasteiger partial charge in [0.05, 0.1) is 6.61 Å². The van der Waals surface area contributed by atoms with E-state index in [0.29, 0.717) is 6.61 Å². The smallest absolute Gasteiger partial charge is 0.0500 e. The van der Waals surface area contributed by atoms with Crippen LogP contribution < -0.4 is 0 Å². The van der Waals surface area contributed by atoms with Gasteiger partial charge in [0.1, 0.15) is 0 Å². The molecule has 3 heterocycles. The molecule has 0 spiro atoms. The molecule has 4 nitrogen and oxygen atoms in total. The lowest BCUT2D eigenvalue weighted by Gasteiger charge is -2.42. The van der Waals surface area contributed by atoms with E-state index in [2.05, 4.69) is 26.9 Å². The average Bonchev–Trinajstić information content (AvgIpc) is 3.03. The summed E-state index contributed by atoms with van der Waals surface area (Å²) in [6.07, 6.45) is 8.62. The Morgan fingerprint density at radius 2 is 1.67 bits per heavy atom. The predicted octanol–water partition coefficient (Wildman–Crippen LogP) is 1.75. The Bertz CT molecular complexity index is 423. The maximum absolute atomic E-state index is 9.92. The van der Waals surface area contributed by atoms with Crippen LogP contribution >= 0.6 is 0 Å². The van der Waals surface area contributed by atoms with Crippen LogP contribution in [0.25, 0.3) is 0 Å². The number of aliphatic hydroxyl groups excluding tert-OH is 1. The highest BCUT2D eigenvalue weighted by Crippen LogP contribution is 2.33. The van der Waals surface area contributed by atoms with E-state index < -0.39 is 0 Å². The van der Waals surface area contributed by atoms with Crippen LogP contribution in [0.1, 0.15) is 31.2 Å². The Balaban J connectivity index is 1.52. The second-order valence-corrected chi connectivity index (χ2v) is 6.77. The molecule has 0 unspecified atom stereocenters. The first-order chi connectivity index (χ1) is 10.3. The Hall–Kier alpha value is -0.970. The highest BCUT2D eigenvalue weighted by Gasteiger charge is 2.36. The minimum Gasteiger partial charge on any atom is -0.396 e. The molecule has 0 radical (unpaired) electrons. The molecule has 2 aliphatic heterocycles. The number of rotatable bonds is 5. The molecule has 1 aromatic heterocycles. The van der Waals surface area contributed by atoms with Gasteiger partial charge >= 0.3 is 0 Å². The maximum Gasteiger partial charge on any atom is 0.0500 e. The van der Waals surface area contributed by atoms with Gasteiger partial charge < -0.3 is 10.0 Å². The summed E-state index contributed by atoms with van der Waals surface area (Å²) < 4.78 is 0. The van der Waals surface area contributed by atoms with Crippen molar-refractivity contribution in [2.45, 2.75) is 32.2 Å². The Labute approximate surface area is 127 Å². The third-order valence-electron chi connectivity index (χ3n) is 5.17. The molecule has 4 heteroatoms. The van der Waals surface area contributed by atoms with Crippen molar-refractivity contribution in [3.05, 3.63) is 30.1 Å². The molecule has 1 N–H and O–H groups in total. The van der Waals surface area contributed by atoms with E-state index in [0.717, 1.165) is 39.0 Å². The van der Waals surface area contributed by atoms with Crippen LogP contribution in [0.5, 0.6) is 0 Å². The summed E-state index contributed by atoms with van der Waals surface area (Å²) in [7, 11) is 0. The lowest BCUT2D eigenvalue weighted by Crippen LogP contribution is -2.47. The minimum absolute atomic E-state index is 0.138. The SMILES string of the molecule is OCC1(CN2CCCC2)CCN(Cc2ccncc2)CC1. The number of nitrogens with zero attached hydrogens (tertiary/aromatic N) is 3. The van der Waals surface area contributed by atoms with Crippen molar-refractivity contribution < 1.29 is 5.11 Å². The van der Waals surface area contributed by atoms with Gasteiger partial charge in [0, 0.05) is 30.9 Å². The van der Waals surface area contributed by atoms with Crippen LogP contribution in [0.15, 0.2) is 24.5 Å². The number of aliphatic hydroxyl groups is 1. The van der Waals surface area contributed by atoms with E-state index in [9.17, 15) is 5.11 Å². The summed E-state index contributed by atoms with van der Waals surface area (Å²) in [5.74, 6) is 0. The van der Waals surface area contributed by atoms with Crippen molar-refractivity contribution in [3.63, 3.8) is 0 Å². The first-order valence-corrected chi connectivity index (χ1v) is 8.24. The van der Waals surface area contributed by atoms with Gasteiger partial charge in [-0.25, -0.2) is 0 Å². The van der Waals surface area contributed by atoms with Gasteiger partial charge in [0.15, 0.2) is 0 Å². The Kier molecular flexibility index (Phi) is 4.88. The molecule has 0 saturated carbocycles. The van der Waals surface area contributed by atoms with Crippen LogP contribution in [0.2, 0.25) is 0 Å². The monoisotopic (exact) mass is 289 g/mol. The van der Waals surface area contributed by atoms with Crippen molar-refractivity contribution >= 4 is 0 Å². The highest BCUT2D eigenvalue weighted by atomic mass is 16.3. The second-order valence-electron chi connectivity index (χ2n) is 6.77. The third-order valence-corrected chi connectivity index (χ3v) is 5.17. The van der Waals surface area contributed by atoms with Crippen LogP contribution in [0.4, 0.5) is 0 Å². The van der Waals surface area contributed by atoms with Crippen molar-refractivity contribution in [1.29, 1.82) is 0 Å². The van der Waals surface area contributed by atoms with Gasteiger partial charge in [-0.05, 0) is 69.6 Å². The number of aromatic nitrogens is 1. The van der Waals surface area contributed by atoms with Crippen LogP contribution in [-0.2, 0) is 6.54 Å². The minimum atomic E-state index is 0.138. The molecule has 0 amide bonds. The quantitative estimate of drug-likeness (QED) is 0.896. The zero-order valence-corrected chi connectivity index (χ0v) is 12.9. The van der Waals surface area contributed by atoms with Gasteiger partial charge in [-0.3, -0.25) is 9.88 Å².